The van der Waals surface area contributed by atoms with E-state index in [2.05, 4.69) is 17.1 Å². The third kappa shape index (κ3) is 5.02. The minimum atomic E-state index is -0.0791. The Morgan fingerprint density at radius 2 is 1.96 bits per heavy atom. The number of hydrogen-bond donors (Lipinski definition) is 1. The van der Waals surface area contributed by atoms with Gasteiger partial charge >= 0.3 is 0 Å². The molecule has 26 heavy (non-hydrogen) atoms. The van der Waals surface area contributed by atoms with Gasteiger partial charge in [0, 0.05) is 12.1 Å². The maximum Gasteiger partial charge on any atom is 0.251 e. The number of ether oxygens (including phenoxy) is 1. The summed E-state index contributed by atoms with van der Waals surface area (Å²) in [6.45, 7) is 4.90. The predicted octanol–water partition coefficient (Wildman–Crippen LogP) is 3.91. The first-order valence-electron chi connectivity index (χ1n) is 8.87. The smallest absolute Gasteiger partial charge is 0.251 e. The van der Waals surface area contributed by atoms with Crippen molar-refractivity contribution in [3.8, 4) is 5.75 Å². The summed E-state index contributed by atoms with van der Waals surface area (Å²) in [5.74, 6) is 2.34. The Balaban J connectivity index is 0.00000243. The second-order valence-corrected chi connectivity index (χ2v) is 6.69. The SMILES string of the molecule is COc1ccc(C(=O)NCC(c2ccco2)N2CCC(C)CC2)cc1.Cl. The lowest BCUT2D eigenvalue weighted by atomic mass is 9.97. The number of benzene rings is 1. The molecule has 1 saturated heterocycles. The second kappa shape index (κ2) is 9.64. The summed E-state index contributed by atoms with van der Waals surface area (Å²) in [4.78, 5) is 14.9. The van der Waals surface area contributed by atoms with Gasteiger partial charge in [0.15, 0.2) is 0 Å². The molecule has 2 heterocycles. The fraction of sp³-hybridized carbons (Fsp3) is 0.450. The molecule has 142 valence electrons. The molecule has 0 bridgehead atoms. The summed E-state index contributed by atoms with van der Waals surface area (Å²) in [5, 5.41) is 3.05. The summed E-state index contributed by atoms with van der Waals surface area (Å²) < 4.78 is 10.8. The third-order valence-electron chi connectivity index (χ3n) is 4.94. The van der Waals surface area contributed by atoms with E-state index in [1.165, 1.54) is 12.8 Å². The monoisotopic (exact) mass is 378 g/mol. The summed E-state index contributed by atoms with van der Waals surface area (Å²) in [5.41, 5.74) is 0.631. The van der Waals surface area contributed by atoms with Crippen LogP contribution >= 0.6 is 12.4 Å². The highest BCUT2D eigenvalue weighted by Gasteiger charge is 2.26. The molecule has 5 nitrogen and oxygen atoms in total. The summed E-state index contributed by atoms with van der Waals surface area (Å²) >= 11 is 0. The van der Waals surface area contributed by atoms with Crippen molar-refractivity contribution in [3.05, 3.63) is 54.0 Å². The van der Waals surface area contributed by atoms with E-state index in [0.29, 0.717) is 12.1 Å². The number of methoxy groups -OCH3 is 1. The van der Waals surface area contributed by atoms with E-state index in [4.69, 9.17) is 9.15 Å². The first-order valence-corrected chi connectivity index (χ1v) is 8.87. The third-order valence-corrected chi connectivity index (χ3v) is 4.94. The number of nitrogens with one attached hydrogen (secondary N) is 1. The van der Waals surface area contributed by atoms with E-state index in [1.54, 1.807) is 37.6 Å². The zero-order chi connectivity index (χ0) is 17.6. The van der Waals surface area contributed by atoms with Crippen LogP contribution in [0.5, 0.6) is 5.75 Å². The normalized spacial score (nSPS) is 16.5. The molecule has 1 fully saturated rings. The van der Waals surface area contributed by atoms with Crippen LogP contribution in [-0.4, -0.2) is 37.6 Å². The molecule has 1 amide bonds. The van der Waals surface area contributed by atoms with Crippen molar-refractivity contribution in [1.82, 2.24) is 10.2 Å². The lowest BCUT2D eigenvalue weighted by Gasteiger charge is -2.35. The largest absolute Gasteiger partial charge is 0.497 e. The fourth-order valence-corrected chi connectivity index (χ4v) is 3.26. The van der Waals surface area contributed by atoms with Crippen LogP contribution in [0.1, 0.15) is 41.9 Å². The van der Waals surface area contributed by atoms with E-state index in [-0.39, 0.29) is 24.4 Å². The molecule has 3 rings (SSSR count). The highest BCUT2D eigenvalue weighted by Crippen LogP contribution is 2.26. The Morgan fingerprint density at radius 3 is 2.54 bits per heavy atom. The molecule has 0 spiro atoms. The van der Waals surface area contributed by atoms with Crippen LogP contribution in [0.15, 0.2) is 47.1 Å². The number of rotatable bonds is 6. The van der Waals surface area contributed by atoms with Crippen molar-refractivity contribution < 1.29 is 13.9 Å². The van der Waals surface area contributed by atoms with Crippen LogP contribution in [-0.2, 0) is 0 Å². The maximum absolute atomic E-state index is 12.5. The number of carbonyl (C=O) groups excluding carboxylic acids is 1. The molecule has 1 unspecified atom stereocenters. The van der Waals surface area contributed by atoms with Gasteiger partial charge in [-0.3, -0.25) is 9.69 Å². The van der Waals surface area contributed by atoms with Crippen molar-refractivity contribution in [1.29, 1.82) is 0 Å². The van der Waals surface area contributed by atoms with Crippen molar-refractivity contribution in [2.75, 3.05) is 26.7 Å². The molecule has 1 atom stereocenters. The molecule has 0 saturated carbocycles. The number of furan rings is 1. The van der Waals surface area contributed by atoms with E-state index in [1.807, 2.05) is 12.1 Å². The quantitative estimate of drug-likeness (QED) is 0.827. The molecule has 1 aliphatic rings. The van der Waals surface area contributed by atoms with Gasteiger partial charge < -0.3 is 14.5 Å². The number of halogens is 1. The average molecular weight is 379 g/mol. The Morgan fingerprint density at radius 1 is 1.27 bits per heavy atom. The van der Waals surface area contributed by atoms with Gasteiger partial charge in [0.25, 0.3) is 5.91 Å². The summed E-state index contributed by atoms with van der Waals surface area (Å²) in [6.07, 6.45) is 4.06. The molecule has 0 aliphatic carbocycles. The van der Waals surface area contributed by atoms with Crippen LogP contribution < -0.4 is 10.1 Å². The number of hydrogen-bond acceptors (Lipinski definition) is 4. The van der Waals surface area contributed by atoms with Gasteiger partial charge in [-0.1, -0.05) is 6.92 Å². The summed E-state index contributed by atoms with van der Waals surface area (Å²) in [7, 11) is 1.61. The second-order valence-electron chi connectivity index (χ2n) is 6.69. The Hall–Kier alpha value is -1.98. The van der Waals surface area contributed by atoms with Gasteiger partial charge in [-0.15, -0.1) is 12.4 Å². The van der Waals surface area contributed by atoms with Crippen LogP contribution in [0.25, 0.3) is 0 Å². The molecular weight excluding hydrogens is 352 g/mol. The molecule has 2 aromatic rings. The Bertz CT molecular complexity index is 665. The highest BCUT2D eigenvalue weighted by molar-refractivity contribution is 5.94. The maximum atomic E-state index is 12.5. The van der Waals surface area contributed by atoms with E-state index >= 15 is 0 Å². The Kier molecular flexibility index (Phi) is 7.54. The van der Waals surface area contributed by atoms with Gasteiger partial charge in [-0.25, -0.2) is 0 Å². The number of carbonyl (C=O) groups is 1. The van der Waals surface area contributed by atoms with Crippen LogP contribution in [0.3, 0.4) is 0 Å². The predicted molar refractivity (Wildman–Crippen MR) is 104 cm³/mol. The molecule has 1 aliphatic heterocycles. The van der Waals surface area contributed by atoms with Gasteiger partial charge in [0.05, 0.1) is 19.4 Å². The van der Waals surface area contributed by atoms with Crippen molar-refractivity contribution in [3.63, 3.8) is 0 Å². The minimum absolute atomic E-state index is 0. The molecule has 1 aromatic carbocycles. The average Bonchev–Trinajstić information content (AvgIpc) is 3.17. The van der Waals surface area contributed by atoms with E-state index in [0.717, 1.165) is 30.5 Å². The number of nitrogens with zero attached hydrogens (tertiary/aromatic N) is 1. The lowest BCUT2D eigenvalue weighted by Crippen LogP contribution is -2.41. The Labute approximate surface area is 161 Å². The van der Waals surface area contributed by atoms with Crippen molar-refractivity contribution in [2.24, 2.45) is 5.92 Å². The zero-order valence-electron chi connectivity index (χ0n) is 15.3. The molecule has 1 N–H and O–H groups in total. The number of piperidine rings is 1. The molecular formula is C20H27ClN2O3. The number of likely N-dealkylation sites (tertiary alicyclic amines) is 1. The highest BCUT2D eigenvalue weighted by atomic mass is 35.5. The van der Waals surface area contributed by atoms with Crippen molar-refractivity contribution in [2.45, 2.75) is 25.8 Å². The first-order chi connectivity index (χ1) is 12.2. The van der Waals surface area contributed by atoms with E-state index in [9.17, 15) is 4.79 Å². The topological polar surface area (TPSA) is 54.7 Å². The first kappa shape index (κ1) is 20.3. The fourth-order valence-electron chi connectivity index (χ4n) is 3.26. The van der Waals surface area contributed by atoms with Gasteiger partial charge in [0.2, 0.25) is 0 Å². The zero-order valence-corrected chi connectivity index (χ0v) is 16.1. The van der Waals surface area contributed by atoms with Crippen LogP contribution in [0, 0.1) is 5.92 Å². The lowest BCUT2D eigenvalue weighted by molar-refractivity contribution is 0.0895. The van der Waals surface area contributed by atoms with Crippen LogP contribution in [0.4, 0.5) is 0 Å². The van der Waals surface area contributed by atoms with Gasteiger partial charge in [0.1, 0.15) is 11.5 Å². The molecule has 6 heteroatoms. The molecule has 1 aromatic heterocycles. The minimum Gasteiger partial charge on any atom is -0.497 e. The van der Waals surface area contributed by atoms with Crippen LogP contribution in [0.2, 0.25) is 0 Å². The number of amides is 1. The van der Waals surface area contributed by atoms with E-state index < -0.39 is 0 Å². The van der Waals surface area contributed by atoms with Gasteiger partial charge in [-0.05, 0) is 68.2 Å². The summed E-state index contributed by atoms with van der Waals surface area (Å²) in [6, 6.07) is 11.1. The van der Waals surface area contributed by atoms with Gasteiger partial charge in [-0.2, -0.15) is 0 Å². The van der Waals surface area contributed by atoms with Crippen molar-refractivity contribution >= 4 is 18.3 Å². The molecule has 0 radical (unpaired) electrons. The standard InChI is InChI=1S/C20H26N2O3.ClH/c1-15-9-11-22(12-10-15)18(19-4-3-13-25-19)14-21-20(23)16-5-7-17(24-2)8-6-16;/h3-8,13,15,18H,9-12,14H2,1-2H3,(H,21,23);1H.